The number of rotatable bonds is 6. The summed E-state index contributed by atoms with van der Waals surface area (Å²) in [6, 6.07) is 1.73. The molecule has 2 N–H and O–H groups in total. The lowest BCUT2D eigenvalue weighted by Gasteiger charge is -2.07. The summed E-state index contributed by atoms with van der Waals surface area (Å²) in [7, 11) is 0. The predicted molar refractivity (Wildman–Crippen MR) is 72.9 cm³/mol. The molecule has 0 unspecified atom stereocenters. The molecule has 0 saturated heterocycles. The molecule has 1 fully saturated rings. The fourth-order valence-electron chi connectivity index (χ4n) is 1.48. The molecule has 1 aliphatic carbocycles. The summed E-state index contributed by atoms with van der Waals surface area (Å²) >= 11 is 3.20. The van der Waals surface area contributed by atoms with Gasteiger partial charge in [-0.25, -0.2) is 4.98 Å². The van der Waals surface area contributed by atoms with Gasteiger partial charge in [0.25, 0.3) is 5.69 Å². The van der Waals surface area contributed by atoms with Gasteiger partial charge in [0.1, 0.15) is 12.0 Å². The number of anilines is 1. The Labute approximate surface area is 118 Å². The highest BCUT2D eigenvalue weighted by molar-refractivity contribution is 9.10. The second-order valence-electron chi connectivity index (χ2n) is 4.30. The van der Waals surface area contributed by atoms with Gasteiger partial charge >= 0.3 is 0 Å². The molecule has 1 saturated carbocycles. The molecular formula is C11H13BrN4O3. The molecule has 0 atom stereocenters. The number of nitrogens with zero attached hydrogens (tertiary/aromatic N) is 2. The van der Waals surface area contributed by atoms with Crippen molar-refractivity contribution in [2.75, 3.05) is 11.9 Å². The van der Waals surface area contributed by atoms with Crippen LogP contribution in [0.15, 0.2) is 16.7 Å². The molecule has 8 heteroatoms. The van der Waals surface area contributed by atoms with Crippen LogP contribution in [0.2, 0.25) is 0 Å². The van der Waals surface area contributed by atoms with Gasteiger partial charge in [0.05, 0.1) is 9.40 Å². The number of pyridine rings is 1. The van der Waals surface area contributed by atoms with Gasteiger partial charge in [-0.3, -0.25) is 14.9 Å². The molecule has 0 radical (unpaired) electrons. The third kappa shape index (κ3) is 4.16. The number of nitro groups is 1. The first-order valence-corrected chi connectivity index (χ1v) is 6.68. The van der Waals surface area contributed by atoms with E-state index < -0.39 is 4.92 Å². The Kier molecular flexibility index (Phi) is 4.31. The van der Waals surface area contributed by atoms with Crippen LogP contribution in [0.1, 0.15) is 19.3 Å². The maximum atomic E-state index is 11.4. The van der Waals surface area contributed by atoms with E-state index in [1.165, 1.54) is 12.3 Å². The molecular weight excluding hydrogens is 316 g/mol. The number of amides is 1. The lowest BCUT2D eigenvalue weighted by atomic mass is 10.3. The summed E-state index contributed by atoms with van der Waals surface area (Å²) in [6.45, 7) is 0.433. The van der Waals surface area contributed by atoms with E-state index in [1.807, 2.05) is 0 Å². The largest absolute Gasteiger partial charge is 0.369 e. The van der Waals surface area contributed by atoms with Gasteiger partial charge < -0.3 is 10.6 Å². The fourth-order valence-corrected chi connectivity index (χ4v) is 1.96. The highest BCUT2D eigenvalue weighted by atomic mass is 79.9. The number of nitrogens with one attached hydrogen (secondary N) is 2. The minimum Gasteiger partial charge on any atom is -0.369 e. The van der Waals surface area contributed by atoms with Gasteiger partial charge in [0.2, 0.25) is 5.91 Å². The molecule has 1 heterocycles. The first-order valence-electron chi connectivity index (χ1n) is 5.89. The molecule has 1 aliphatic rings. The van der Waals surface area contributed by atoms with Gasteiger partial charge in [0, 0.05) is 25.1 Å². The fraction of sp³-hybridized carbons (Fsp3) is 0.455. The average molecular weight is 329 g/mol. The molecule has 102 valence electrons. The highest BCUT2D eigenvalue weighted by Gasteiger charge is 2.22. The van der Waals surface area contributed by atoms with Crippen molar-refractivity contribution < 1.29 is 9.72 Å². The minimum atomic E-state index is -0.509. The van der Waals surface area contributed by atoms with E-state index in [4.69, 9.17) is 0 Å². The zero-order valence-corrected chi connectivity index (χ0v) is 11.6. The predicted octanol–water partition coefficient (Wildman–Crippen LogP) is 1.83. The SMILES string of the molecule is O=C(CCNc1ncc([N+](=O)[O-])cc1Br)NC1CC1. The number of halogens is 1. The molecule has 0 bridgehead atoms. The Bertz CT molecular complexity index is 505. The second kappa shape index (κ2) is 5.96. The summed E-state index contributed by atoms with van der Waals surface area (Å²) < 4.78 is 0.504. The molecule has 7 nitrogen and oxygen atoms in total. The maximum Gasteiger partial charge on any atom is 0.288 e. The van der Waals surface area contributed by atoms with E-state index in [0.717, 1.165) is 12.8 Å². The van der Waals surface area contributed by atoms with Gasteiger partial charge in [0.15, 0.2) is 0 Å². The summed E-state index contributed by atoms with van der Waals surface area (Å²) in [5.41, 5.74) is -0.0797. The van der Waals surface area contributed by atoms with Crippen LogP contribution < -0.4 is 10.6 Å². The monoisotopic (exact) mass is 328 g/mol. The molecule has 2 rings (SSSR count). The average Bonchev–Trinajstić information content (AvgIpc) is 3.14. The molecule has 1 aromatic rings. The second-order valence-corrected chi connectivity index (χ2v) is 5.15. The topological polar surface area (TPSA) is 97.2 Å². The van der Waals surface area contributed by atoms with Crippen LogP contribution in [0.25, 0.3) is 0 Å². The zero-order chi connectivity index (χ0) is 13.8. The Balaban J connectivity index is 1.81. The number of aromatic nitrogens is 1. The van der Waals surface area contributed by atoms with E-state index >= 15 is 0 Å². The van der Waals surface area contributed by atoms with Crippen molar-refractivity contribution in [3.63, 3.8) is 0 Å². The summed E-state index contributed by atoms with van der Waals surface area (Å²) in [5.74, 6) is 0.498. The quantitative estimate of drug-likeness (QED) is 0.613. The zero-order valence-electron chi connectivity index (χ0n) is 10.1. The van der Waals surface area contributed by atoms with E-state index in [2.05, 4.69) is 31.5 Å². The number of hydrogen-bond donors (Lipinski definition) is 2. The summed E-state index contributed by atoms with van der Waals surface area (Å²) in [4.78, 5) is 25.4. The molecule has 0 aliphatic heterocycles. The standard InChI is InChI=1S/C11H13BrN4O3/c12-9-5-8(16(18)19)6-14-11(9)13-4-3-10(17)15-7-1-2-7/h5-7H,1-4H2,(H,13,14)(H,15,17). The molecule has 0 aromatic carbocycles. The maximum absolute atomic E-state index is 11.4. The first kappa shape index (κ1) is 13.7. The summed E-state index contributed by atoms with van der Waals surface area (Å²) in [5, 5.41) is 16.4. The molecule has 1 amide bonds. The van der Waals surface area contributed by atoms with Crippen molar-refractivity contribution in [2.24, 2.45) is 0 Å². The third-order valence-corrected chi connectivity index (χ3v) is 3.23. The normalized spacial score (nSPS) is 13.9. The minimum absolute atomic E-state index is 0.00744. The van der Waals surface area contributed by atoms with Crippen LogP contribution in [0.4, 0.5) is 11.5 Å². The number of hydrogen-bond acceptors (Lipinski definition) is 5. The highest BCUT2D eigenvalue weighted by Crippen LogP contribution is 2.24. The van der Waals surface area contributed by atoms with Crippen LogP contribution in [-0.4, -0.2) is 28.4 Å². The molecule has 0 spiro atoms. The van der Waals surface area contributed by atoms with Gasteiger partial charge in [-0.05, 0) is 28.8 Å². The van der Waals surface area contributed by atoms with Gasteiger partial charge in [-0.2, -0.15) is 0 Å². The van der Waals surface area contributed by atoms with Crippen LogP contribution in [0.5, 0.6) is 0 Å². The van der Waals surface area contributed by atoms with Crippen molar-refractivity contribution in [1.82, 2.24) is 10.3 Å². The van der Waals surface area contributed by atoms with Crippen molar-refractivity contribution in [2.45, 2.75) is 25.3 Å². The lowest BCUT2D eigenvalue weighted by Crippen LogP contribution is -2.27. The van der Waals surface area contributed by atoms with E-state index in [-0.39, 0.29) is 11.6 Å². The smallest absolute Gasteiger partial charge is 0.288 e. The van der Waals surface area contributed by atoms with Crippen LogP contribution in [0.3, 0.4) is 0 Å². The van der Waals surface area contributed by atoms with Crippen LogP contribution in [0, 0.1) is 10.1 Å². The third-order valence-electron chi connectivity index (χ3n) is 2.62. The summed E-state index contributed by atoms with van der Waals surface area (Å²) in [6.07, 6.45) is 3.65. The van der Waals surface area contributed by atoms with Gasteiger partial charge in [-0.1, -0.05) is 0 Å². The van der Waals surface area contributed by atoms with Crippen LogP contribution >= 0.6 is 15.9 Å². The van der Waals surface area contributed by atoms with Crippen molar-refractivity contribution in [1.29, 1.82) is 0 Å². The van der Waals surface area contributed by atoms with E-state index in [9.17, 15) is 14.9 Å². The Morgan fingerprint density at radius 2 is 2.32 bits per heavy atom. The van der Waals surface area contributed by atoms with E-state index in [0.29, 0.717) is 29.3 Å². The Morgan fingerprint density at radius 1 is 1.58 bits per heavy atom. The Hall–Kier alpha value is -1.70. The first-order chi connectivity index (χ1) is 9.06. The van der Waals surface area contributed by atoms with Crippen molar-refractivity contribution >= 4 is 33.3 Å². The van der Waals surface area contributed by atoms with E-state index in [1.54, 1.807) is 0 Å². The van der Waals surface area contributed by atoms with Gasteiger partial charge in [-0.15, -0.1) is 0 Å². The molecule has 1 aromatic heterocycles. The van der Waals surface area contributed by atoms with Crippen molar-refractivity contribution in [3.8, 4) is 0 Å². The Morgan fingerprint density at radius 3 is 2.89 bits per heavy atom. The number of carbonyl (C=O) groups is 1. The lowest BCUT2D eigenvalue weighted by molar-refractivity contribution is -0.385. The molecule has 19 heavy (non-hydrogen) atoms. The van der Waals surface area contributed by atoms with Crippen LogP contribution in [-0.2, 0) is 4.79 Å². The number of carbonyl (C=O) groups excluding carboxylic acids is 1. The van der Waals surface area contributed by atoms with Crippen molar-refractivity contribution in [3.05, 3.63) is 26.9 Å².